The minimum Gasteiger partial charge on any atom is -0.300 e. The van der Waals surface area contributed by atoms with Gasteiger partial charge < -0.3 is 5.32 Å². The number of amidine groups is 1. The Morgan fingerprint density at radius 2 is 1.83 bits per heavy atom. The average molecular weight is 338 g/mol. The maximum Gasteiger partial charge on any atom is 0.264 e. The second-order valence-corrected chi connectivity index (χ2v) is 6.29. The molecule has 0 saturated carbocycles. The SMILES string of the molecule is CC(/C=C1\SC(=Nc2ccc(F)cc2)NC1=O)=C\c1ccccc1. The number of nitrogens with zero attached hydrogens (tertiary/aromatic N) is 1. The lowest BCUT2D eigenvalue weighted by atomic mass is 10.1. The van der Waals surface area contributed by atoms with Gasteiger partial charge >= 0.3 is 0 Å². The lowest BCUT2D eigenvalue weighted by Gasteiger charge is -1.96. The Bertz CT molecular complexity index is 839. The van der Waals surface area contributed by atoms with Crippen molar-refractivity contribution in [1.82, 2.24) is 5.32 Å². The average Bonchev–Trinajstić information content (AvgIpc) is 2.90. The number of hydrogen-bond acceptors (Lipinski definition) is 3. The van der Waals surface area contributed by atoms with Gasteiger partial charge in [-0.15, -0.1) is 0 Å². The quantitative estimate of drug-likeness (QED) is 0.827. The second-order valence-electron chi connectivity index (χ2n) is 5.26. The summed E-state index contributed by atoms with van der Waals surface area (Å²) in [5.74, 6) is -0.494. The summed E-state index contributed by atoms with van der Waals surface area (Å²) in [5.41, 5.74) is 2.65. The summed E-state index contributed by atoms with van der Waals surface area (Å²) in [6.07, 6.45) is 3.84. The number of carbonyl (C=O) groups excluding carboxylic acids is 1. The fourth-order valence-electron chi connectivity index (χ4n) is 2.17. The zero-order valence-electron chi connectivity index (χ0n) is 13.0. The molecule has 1 saturated heterocycles. The number of allylic oxidation sites excluding steroid dienone is 2. The van der Waals surface area contributed by atoms with E-state index in [0.717, 1.165) is 11.1 Å². The van der Waals surface area contributed by atoms with Crippen LogP contribution in [0.5, 0.6) is 0 Å². The van der Waals surface area contributed by atoms with Crippen LogP contribution in [-0.4, -0.2) is 11.1 Å². The molecule has 0 bridgehead atoms. The zero-order chi connectivity index (χ0) is 16.9. The zero-order valence-corrected chi connectivity index (χ0v) is 13.8. The molecule has 1 aliphatic heterocycles. The van der Waals surface area contributed by atoms with Gasteiger partial charge in [-0.05, 0) is 60.2 Å². The third-order valence-corrected chi connectivity index (χ3v) is 4.17. The summed E-state index contributed by atoms with van der Waals surface area (Å²) >= 11 is 1.27. The van der Waals surface area contributed by atoms with E-state index in [2.05, 4.69) is 10.3 Å². The van der Waals surface area contributed by atoms with Crippen LogP contribution < -0.4 is 5.32 Å². The predicted octanol–water partition coefficient (Wildman–Crippen LogP) is 4.66. The molecule has 1 fully saturated rings. The van der Waals surface area contributed by atoms with E-state index in [4.69, 9.17) is 0 Å². The van der Waals surface area contributed by atoms with E-state index in [1.54, 1.807) is 12.1 Å². The fourth-order valence-corrected chi connectivity index (χ4v) is 3.07. The van der Waals surface area contributed by atoms with Gasteiger partial charge in [0.15, 0.2) is 5.17 Å². The number of amides is 1. The van der Waals surface area contributed by atoms with Crippen LogP contribution in [0.1, 0.15) is 12.5 Å². The second kappa shape index (κ2) is 7.27. The van der Waals surface area contributed by atoms with Gasteiger partial charge in [0.25, 0.3) is 5.91 Å². The number of carbonyl (C=O) groups is 1. The lowest BCUT2D eigenvalue weighted by Crippen LogP contribution is -2.19. The Morgan fingerprint density at radius 1 is 1.12 bits per heavy atom. The van der Waals surface area contributed by atoms with Crippen LogP contribution in [0.25, 0.3) is 6.08 Å². The molecule has 0 radical (unpaired) electrons. The molecule has 0 atom stereocenters. The van der Waals surface area contributed by atoms with Gasteiger partial charge in [-0.3, -0.25) is 4.79 Å². The number of aliphatic imine (C=N–C) groups is 1. The van der Waals surface area contributed by atoms with Crippen LogP contribution in [0.15, 0.2) is 76.1 Å². The summed E-state index contributed by atoms with van der Waals surface area (Å²) in [5, 5.41) is 3.21. The molecular formula is C19H15FN2OS. The standard InChI is InChI=1S/C19H15FN2OS/c1-13(11-14-5-3-2-4-6-14)12-17-18(23)22-19(24-17)21-16-9-7-15(20)8-10-16/h2-12H,1H3,(H,21,22,23)/b13-11+,17-12-. The van der Waals surface area contributed by atoms with Crippen molar-refractivity contribution in [1.29, 1.82) is 0 Å². The Kier molecular flexibility index (Phi) is 4.91. The molecule has 1 N–H and O–H groups in total. The maximum atomic E-state index is 12.9. The van der Waals surface area contributed by atoms with Gasteiger partial charge in [-0.2, -0.15) is 0 Å². The summed E-state index contributed by atoms with van der Waals surface area (Å²) < 4.78 is 12.9. The van der Waals surface area contributed by atoms with Crippen LogP contribution in [0.4, 0.5) is 10.1 Å². The van der Waals surface area contributed by atoms with Crippen molar-refractivity contribution in [2.45, 2.75) is 6.92 Å². The summed E-state index contributed by atoms with van der Waals surface area (Å²) in [7, 11) is 0. The van der Waals surface area contributed by atoms with E-state index in [9.17, 15) is 9.18 Å². The van der Waals surface area contributed by atoms with Crippen LogP contribution in [0.3, 0.4) is 0 Å². The highest BCUT2D eigenvalue weighted by atomic mass is 32.2. The third kappa shape index (κ3) is 4.20. The van der Waals surface area contributed by atoms with E-state index in [-0.39, 0.29) is 11.7 Å². The van der Waals surface area contributed by atoms with Crippen LogP contribution in [-0.2, 0) is 4.79 Å². The predicted molar refractivity (Wildman–Crippen MR) is 97.4 cm³/mol. The summed E-state index contributed by atoms with van der Waals surface area (Å²) in [4.78, 5) is 16.9. The van der Waals surface area contributed by atoms with Gasteiger partial charge in [0.2, 0.25) is 0 Å². The first-order valence-corrected chi connectivity index (χ1v) is 8.20. The molecule has 1 heterocycles. The van der Waals surface area contributed by atoms with Crippen molar-refractivity contribution in [3.8, 4) is 0 Å². The fraction of sp³-hybridized carbons (Fsp3) is 0.0526. The molecule has 1 aliphatic rings. The van der Waals surface area contributed by atoms with Crippen molar-refractivity contribution in [2.75, 3.05) is 0 Å². The topological polar surface area (TPSA) is 41.5 Å². The Morgan fingerprint density at radius 3 is 2.54 bits per heavy atom. The molecule has 5 heteroatoms. The number of hydrogen-bond donors (Lipinski definition) is 1. The Balaban J connectivity index is 1.77. The molecule has 120 valence electrons. The van der Waals surface area contributed by atoms with Crippen LogP contribution in [0.2, 0.25) is 0 Å². The first-order chi connectivity index (χ1) is 11.6. The molecule has 2 aromatic carbocycles. The van der Waals surface area contributed by atoms with Gasteiger partial charge in [0, 0.05) is 0 Å². The third-order valence-electron chi connectivity index (χ3n) is 3.26. The molecule has 0 aliphatic carbocycles. The number of nitrogens with one attached hydrogen (secondary N) is 1. The highest BCUT2D eigenvalue weighted by Crippen LogP contribution is 2.27. The normalized spacial score (nSPS) is 18.2. The molecule has 2 aromatic rings. The Labute approximate surface area is 144 Å². The van der Waals surface area contributed by atoms with E-state index >= 15 is 0 Å². The molecule has 0 unspecified atom stereocenters. The summed E-state index contributed by atoms with van der Waals surface area (Å²) in [6.45, 7) is 1.95. The van der Waals surface area contributed by atoms with Gasteiger partial charge in [-0.1, -0.05) is 36.4 Å². The van der Waals surface area contributed by atoms with E-state index in [1.165, 1.54) is 23.9 Å². The van der Waals surface area contributed by atoms with Crippen molar-refractivity contribution >= 4 is 34.6 Å². The molecular weight excluding hydrogens is 323 g/mol. The molecule has 1 amide bonds. The molecule has 3 rings (SSSR count). The minimum atomic E-state index is -0.315. The van der Waals surface area contributed by atoms with E-state index in [1.807, 2.05) is 49.4 Å². The number of rotatable bonds is 3. The van der Waals surface area contributed by atoms with Gasteiger partial charge in [0.1, 0.15) is 5.82 Å². The smallest absolute Gasteiger partial charge is 0.264 e. The molecule has 0 aromatic heterocycles. The van der Waals surface area contributed by atoms with Crippen molar-refractivity contribution in [2.24, 2.45) is 4.99 Å². The van der Waals surface area contributed by atoms with Crippen molar-refractivity contribution in [3.05, 3.63) is 82.5 Å². The first kappa shape index (κ1) is 16.2. The molecule has 3 nitrogen and oxygen atoms in total. The van der Waals surface area contributed by atoms with Gasteiger partial charge in [0.05, 0.1) is 10.6 Å². The largest absolute Gasteiger partial charge is 0.300 e. The van der Waals surface area contributed by atoms with Crippen LogP contribution in [0, 0.1) is 5.82 Å². The number of thioether (sulfide) groups is 1. The monoisotopic (exact) mass is 338 g/mol. The minimum absolute atomic E-state index is 0.179. The lowest BCUT2D eigenvalue weighted by molar-refractivity contribution is -0.115. The highest BCUT2D eigenvalue weighted by Gasteiger charge is 2.23. The van der Waals surface area contributed by atoms with Crippen LogP contribution >= 0.6 is 11.8 Å². The number of benzene rings is 2. The maximum absolute atomic E-state index is 12.9. The van der Waals surface area contributed by atoms with E-state index < -0.39 is 0 Å². The Hall–Kier alpha value is -2.66. The molecule has 0 spiro atoms. The molecule has 24 heavy (non-hydrogen) atoms. The first-order valence-electron chi connectivity index (χ1n) is 7.39. The van der Waals surface area contributed by atoms with Gasteiger partial charge in [-0.25, -0.2) is 9.38 Å². The van der Waals surface area contributed by atoms with E-state index in [0.29, 0.717) is 15.8 Å². The van der Waals surface area contributed by atoms with Crippen molar-refractivity contribution in [3.63, 3.8) is 0 Å². The summed E-state index contributed by atoms with van der Waals surface area (Å²) in [6, 6.07) is 15.7. The number of halogens is 1. The van der Waals surface area contributed by atoms with Crippen molar-refractivity contribution < 1.29 is 9.18 Å². The highest BCUT2D eigenvalue weighted by molar-refractivity contribution is 8.18.